The molecule has 2 aromatic carbocycles. The van der Waals surface area contributed by atoms with Gasteiger partial charge < -0.3 is 14.9 Å². The lowest BCUT2D eigenvalue weighted by Gasteiger charge is -2.26. The maximum atomic E-state index is 10.5. The highest BCUT2D eigenvalue weighted by molar-refractivity contribution is 5.68. The van der Waals surface area contributed by atoms with E-state index in [0.717, 1.165) is 11.1 Å². The molecule has 110 valence electrons. The lowest BCUT2D eigenvalue weighted by Crippen LogP contribution is -2.18. The fourth-order valence-electron chi connectivity index (χ4n) is 2.16. The largest absolute Gasteiger partial charge is 0.508 e. The average molecular weight is 286 g/mol. The number of phenols is 1. The lowest BCUT2D eigenvalue weighted by molar-refractivity contribution is -0.139. The quantitative estimate of drug-likeness (QED) is 0.886. The van der Waals surface area contributed by atoms with E-state index in [2.05, 4.69) is 13.8 Å². The maximum absolute atomic E-state index is 10.5. The summed E-state index contributed by atoms with van der Waals surface area (Å²) in [7, 11) is 0. The molecule has 0 bridgehead atoms. The maximum Gasteiger partial charge on any atom is 0.341 e. The second-order valence-electron chi connectivity index (χ2n) is 5.38. The molecule has 0 unspecified atom stereocenters. The Kier molecular flexibility index (Phi) is 4.17. The molecule has 4 nitrogen and oxygen atoms in total. The van der Waals surface area contributed by atoms with Gasteiger partial charge in [-0.1, -0.05) is 38.1 Å². The van der Waals surface area contributed by atoms with Crippen LogP contribution in [0.4, 0.5) is 0 Å². The lowest BCUT2D eigenvalue weighted by atomic mass is 9.78. The van der Waals surface area contributed by atoms with Crippen molar-refractivity contribution in [3.8, 4) is 11.5 Å². The number of phenolic OH excluding ortho intramolecular Hbond substituents is 1. The second-order valence-corrected chi connectivity index (χ2v) is 5.38. The zero-order chi connectivity index (χ0) is 15.5. The Morgan fingerprint density at radius 2 is 1.48 bits per heavy atom. The van der Waals surface area contributed by atoms with Crippen molar-refractivity contribution in [2.45, 2.75) is 19.3 Å². The molecule has 21 heavy (non-hydrogen) atoms. The number of hydrogen-bond acceptors (Lipinski definition) is 3. The molecule has 0 amide bonds. The van der Waals surface area contributed by atoms with Gasteiger partial charge in [0.05, 0.1) is 0 Å². The van der Waals surface area contributed by atoms with Gasteiger partial charge in [-0.25, -0.2) is 4.79 Å². The summed E-state index contributed by atoms with van der Waals surface area (Å²) >= 11 is 0. The van der Waals surface area contributed by atoms with Crippen molar-refractivity contribution in [2.24, 2.45) is 0 Å². The highest BCUT2D eigenvalue weighted by Gasteiger charge is 2.23. The van der Waals surface area contributed by atoms with Gasteiger partial charge in [-0.15, -0.1) is 0 Å². The molecular weight excluding hydrogens is 268 g/mol. The van der Waals surface area contributed by atoms with Crippen LogP contribution in [0.2, 0.25) is 0 Å². The molecule has 0 aliphatic rings. The van der Waals surface area contributed by atoms with Crippen molar-refractivity contribution >= 4 is 5.97 Å². The fourth-order valence-corrected chi connectivity index (χ4v) is 2.16. The van der Waals surface area contributed by atoms with Crippen LogP contribution < -0.4 is 4.74 Å². The standard InChI is InChI=1S/C17H18O4/c1-17(2,12-3-7-14(18)8-4-12)13-5-9-15(10-6-13)21-11-16(19)20/h3-10,18H,11H2,1-2H3,(H,19,20). The molecule has 0 aliphatic carbocycles. The Labute approximate surface area is 123 Å². The summed E-state index contributed by atoms with van der Waals surface area (Å²) in [5.41, 5.74) is 1.94. The molecule has 0 heterocycles. The van der Waals surface area contributed by atoms with E-state index in [1.165, 1.54) is 0 Å². The Hall–Kier alpha value is -2.49. The highest BCUT2D eigenvalue weighted by atomic mass is 16.5. The minimum absolute atomic E-state index is 0.223. The van der Waals surface area contributed by atoms with Gasteiger partial charge in [0.2, 0.25) is 0 Å². The minimum Gasteiger partial charge on any atom is -0.508 e. The van der Waals surface area contributed by atoms with E-state index in [9.17, 15) is 9.90 Å². The van der Waals surface area contributed by atoms with Gasteiger partial charge in [-0.2, -0.15) is 0 Å². The Morgan fingerprint density at radius 3 is 1.95 bits per heavy atom. The molecule has 0 saturated heterocycles. The van der Waals surface area contributed by atoms with Crippen molar-refractivity contribution < 1.29 is 19.7 Å². The van der Waals surface area contributed by atoms with Crippen LogP contribution in [-0.4, -0.2) is 22.8 Å². The zero-order valence-electron chi connectivity index (χ0n) is 12.0. The second kappa shape index (κ2) is 5.87. The summed E-state index contributed by atoms with van der Waals surface area (Å²) in [6.45, 7) is 3.83. The molecular formula is C17H18O4. The number of carboxylic acids is 1. The number of hydrogen-bond donors (Lipinski definition) is 2. The molecule has 2 N–H and O–H groups in total. The number of benzene rings is 2. The molecule has 0 aliphatic heterocycles. The summed E-state index contributed by atoms with van der Waals surface area (Å²) in [5.74, 6) is -0.224. The van der Waals surface area contributed by atoms with Crippen molar-refractivity contribution in [3.63, 3.8) is 0 Å². The first-order chi connectivity index (χ1) is 9.89. The van der Waals surface area contributed by atoms with Gasteiger partial charge >= 0.3 is 5.97 Å². The molecule has 0 spiro atoms. The average Bonchev–Trinajstić information content (AvgIpc) is 2.46. The molecule has 0 atom stereocenters. The summed E-state index contributed by atoms with van der Waals surface area (Å²) in [6.07, 6.45) is 0. The van der Waals surface area contributed by atoms with Crippen LogP contribution in [0.15, 0.2) is 48.5 Å². The van der Waals surface area contributed by atoms with Crippen molar-refractivity contribution in [1.29, 1.82) is 0 Å². The van der Waals surface area contributed by atoms with E-state index >= 15 is 0 Å². The Bertz CT molecular complexity index is 612. The van der Waals surface area contributed by atoms with Gasteiger partial charge in [0.15, 0.2) is 6.61 Å². The van der Waals surface area contributed by atoms with Crippen molar-refractivity contribution in [3.05, 3.63) is 59.7 Å². The summed E-state index contributed by atoms with van der Waals surface area (Å²) < 4.78 is 5.12. The van der Waals surface area contributed by atoms with E-state index in [1.54, 1.807) is 24.3 Å². The Morgan fingerprint density at radius 1 is 1.00 bits per heavy atom. The summed E-state index contributed by atoms with van der Waals surface area (Å²) in [5, 5.41) is 18.0. The van der Waals surface area contributed by atoms with E-state index in [-0.39, 0.29) is 17.8 Å². The van der Waals surface area contributed by atoms with E-state index in [4.69, 9.17) is 9.84 Å². The molecule has 2 rings (SSSR count). The van der Waals surface area contributed by atoms with Crippen LogP contribution in [0.25, 0.3) is 0 Å². The van der Waals surface area contributed by atoms with E-state index < -0.39 is 5.97 Å². The number of rotatable bonds is 5. The van der Waals surface area contributed by atoms with Gasteiger partial charge in [0.1, 0.15) is 11.5 Å². The SMILES string of the molecule is CC(C)(c1ccc(O)cc1)c1ccc(OCC(=O)O)cc1. The number of ether oxygens (including phenoxy) is 1. The van der Waals surface area contributed by atoms with Crippen LogP contribution in [-0.2, 0) is 10.2 Å². The third kappa shape index (κ3) is 3.54. The minimum atomic E-state index is -0.997. The Balaban J connectivity index is 2.20. The van der Waals surface area contributed by atoms with Crippen molar-refractivity contribution in [1.82, 2.24) is 0 Å². The first-order valence-corrected chi connectivity index (χ1v) is 6.64. The number of carbonyl (C=O) groups is 1. The van der Waals surface area contributed by atoms with Crippen LogP contribution in [0.1, 0.15) is 25.0 Å². The zero-order valence-corrected chi connectivity index (χ0v) is 12.0. The molecule has 0 aromatic heterocycles. The first-order valence-electron chi connectivity index (χ1n) is 6.64. The molecule has 0 fully saturated rings. The predicted octanol–water partition coefficient (Wildman–Crippen LogP) is 3.18. The summed E-state index contributed by atoms with van der Waals surface area (Å²) in [4.78, 5) is 10.5. The molecule has 0 radical (unpaired) electrons. The van der Waals surface area contributed by atoms with Gasteiger partial charge in [-0.05, 0) is 35.4 Å². The third-order valence-electron chi connectivity index (χ3n) is 3.53. The molecule has 4 heteroatoms. The number of aliphatic carboxylic acids is 1. The number of aromatic hydroxyl groups is 1. The van der Waals surface area contributed by atoms with Crippen LogP contribution in [0, 0.1) is 0 Å². The first kappa shape index (κ1) is 14.9. The van der Waals surface area contributed by atoms with Crippen LogP contribution in [0.5, 0.6) is 11.5 Å². The molecule has 0 saturated carbocycles. The van der Waals surface area contributed by atoms with Crippen LogP contribution >= 0.6 is 0 Å². The highest BCUT2D eigenvalue weighted by Crippen LogP contribution is 2.33. The van der Waals surface area contributed by atoms with Gasteiger partial charge in [0.25, 0.3) is 0 Å². The van der Waals surface area contributed by atoms with Crippen LogP contribution in [0.3, 0.4) is 0 Å². The number of carboxylic acid groups (broad SMARTS) is 1. The van der Waals surface area contributed by atoms with Crippen molar-refractivity contribution in [2.75, 3.05) is 6.61 Å². The van der Waals surface area contributed by atoms with Gasteiger partial charge in [-0.3, -0.25) is 0 Å². The smallest absolute Gasteiger partial charge is 0.341 e. The summed E-state index contributed by atoms with van der Waals surface area (Å²) in [6, 6.07) is 14.5. The monoisotopic (exact) mass is 286 g/mol. The topological polar surface area (TPSA) is 66.8 Å². The van der Waals surface area contributed by atoms with E-state index in [0.29, 0.717) is 5.75 Å². The molecule has 2 aromatic rings. The third-order valence-corrected chi connectivity index (χ3v) is 3.53. The van der Waals surface area contributed by atoms with Gasteiger partial charge in [0, 0.05) is 5.41 Å². The normalized spacial score (nSPS) is 11.1. The fraction of sp³-hybridized carbons (Fsp3) is 0.235. The predicted molar refractivity (Wildman–Crippen MR) is 79.8 cm³/mol. The van der Waals surface area contributed by atoms with E-state index in [1.807, 2.05) is 24.3 Å².